The summed E-state index contributed by atoms with van der Waals surface area (Å²) in [4.78, 5) is 26.3. The first-order valence-electron chi connectivity index (χ1n) is 18.6. The van der Waals surface area contributed by atoms with E-state index >= 15 is 0 Å². The van der Waals surface area contributed by atoms with Crippen LogP contribution in [-0.4, -0.2) is 79.5 Å². The Labute approximate surface area is 325 Å². The lowest BCUT2D eigenvalue weighted by Crippen LogP contribution is -2.46. The van der Waals surface area contributed by atoms with E-state index in [4.69, 9.17) is 37.9 Å². The van der Waals surface area contributed by atoms with Crippen molar-refractivity contribution in [2.75, 3.05) is 13.2 Å². The standard InChI is InChI=1S/C45H44O11/c46-42(34-22-12-4-13-23-34)52-30-37-39(40(44(48)53-37)55-43(47)35-24-14-5-15-25-35)56-45-41(51-28-33-20-10-3-11-21-33)38(50-27-32-18-8-2-9-19-32)36(54-45)29-49-26-31-16-6-1-7-17-31/h1-25,36-41,44-45,48H,26-30H2/t36-,37-,38-,39-,40+,41+,44+,45+/m1/s1. The Morgan fingerprint density at radius 1 is 0.500 bits per heavy atom. The summed E-state index contributed by atoms with van der Waals surface area (Å²) in [5.41, 5.74) is 3.45. The fourth-order valence-corrected chi connectivity index (χ4v) is 6.58. The molecule has 0 radical (unpaired) electrons. The van der Waals surface area contributed by atoms with E-state index in [1.54, 1.807) is 60.7 Å². The number of ether oxygens (including phenoxy) is 8. The molecule has 11 heteroatoms. The predicted molar refractivity (Wildman–Crippen MR) is 203 cm³/mol. The minimum absolute atomic E-state index is 0.133. The van der Waals surface area contributed by atoms with Crippen LogP contribution in [0.2, 0.25) is 0 Å². The highest BCUT2D eigenvalue weighted by Crippen LogP contribution is 2.35. The van der Waals surface area contributed by atoms with E-state index < -0.39 is 61.1 Å². The minimum Gasteiger partial charge on any atom is -0.459 e. The first-order chi connectivity index (χ1) is 27.5. The van der Waals surface area contributed by atoms with Crippen LogP contribution in [0.1, 0.15) is 37.4 Å². The Morgan fingerprint density at radius 2 is 0.964 bits per heavy atom. The predicted octanol–water partition coefficient (Wildman–Crippen LogP) is 6.28. The summed E-state index contributed by atoms with van der Waals surface area (Å²) in [6.45, 7) is 0.596. The Balaban J connectivity index is 1.16. The quantitative estimate of drug-likeness (QED) is 0.108. The zero-order chi connectivity index (χ0) is 38.5. The van der Waals surface area contributed by atoms with Gasteiger partial charge in [-0.15, -0.1) is 0 Å². The fraction of sp³-hybridized carbons (Fsp3) is 0.289. The average molecular weight is 761 g/mol. The molecular formula is C45H44O11. The molecule has 5 aromatic carbocycles. The van der Waals surface area contributed by atoms with Crippen molar-refractivity contribution in [1.82, 2.24) is 0 Å². The van der Waals surface area contributed by atoms with Gasteiger partial charge in [0.25, 0.3) is 0 Å². The van der Waals surface area contributed by atoms with Gasteiger partial charge >= 0.3 is 11.9 Å². The van der Waals surface area contributed by atoms with E-state index in [1.165, 1.54) is 0 Å². The molecule has 2 aliphatic rings. The van der Waals surface area contributed by atoms with Crippen molar-refractivity contribution in [3.63, 3.8) is 0 Å². The fourth-order valence-electron chi connectivity index (χ4n) is 6.58. The summed E-state index contributed by atoms with van der Waals surface area (Å²) >= 11 is 0. The third kappa shape index (κ3) is 10.3. The third-order valence-corrected chi connectivity index (χ3v) is 9.45. The number of esters is 2. The number of hydrogen-bond donors (Lipinski definition) is 1. The van der Waals surface area contributed by atoms with Crippen molar-refractivity contribution >= 4 is 11.9 Å². The van der Waals surface area contributed by atoms with Crippen LogP contribution in [0, 0.1) is 0 Å². The lowest BCUT2D eigenvalue weighted by molar-refractivity contribution is -0.225. The molecule has 1 N–H and O–H groups in total. The van der Waals surface area contributed by atoms with E-state index in [9.17, 15) is 14.7 Å². The second kappa shape index (κ2) is 19.6. The average Bonchev–Trinajstić information content (AvgIpc) is 3.73. The molecule has 290 valence electrons. The first-order valence-corrected chi connectivity index (χ1v) is 18.6. The van der Waals surface area contributed by atoms with E-state index in [0.29, 0.717) is 12.2 Å². The van der Waals surface area contributed by atoms with E-state index in [2.05, 4.69) is 0 Å². The molecule has 0 unspecified atom stereocenters. The number of hydrogen-bond acceptors (Lipinski definition) is 11. The molecule has 56 heavy (non-hydrogen) atoms. The number of benzene rings is 5. The molecule has 11 nitrogen and oxygen atoms in total. The minimum atomic E-state index is -1.62. The van der Waals surface area contributed by atoms with Gasteiger partial charge in [0.05, 0.1) is 37.6 Å². The van der Waals surface area contributed by atoms with Crippen LogP contribution in [0.15, 0.2) is 152 Å². The summed E-state index contributed by atoms with van der Waals surface area (Å²) in [5.74, 6) is -1.30. The van der Waals surface area contributed by atoms with Crippen LogP contribution in [-0.2, 0) is 57.7 Å². The van der Waals surface area contributed by atoms with Crippen LogP contribution in [0.5, 0.6) is 0 Å². The summed E-state index contributed by atoms with van der Waals surface area (Å²) < 4.78 is 50.0. The molecule has 5 aromatic rings. The maximum atomic E-state index is 13.3. The molecule has 0 spiro atoms. The van der Waals surface area contributed by atoms with E-state index in [-0.39, 0.29) is 32.0 Å². The lowest BCUT2D eigenvalue weighted by Gasteiger charge is -2.29. The molecular weight excluding hydrogens is 716 g/mol. The normalized spacial score (nSPS) is 24.4. The summed E-state index contributed by atoms with van der Waals surface area (Å²) in [6.07, 6.45) is -8.51. The Bertz CT molecular complexity index is 1930. The van der Waals surface area contributed by atoms with Gasteiger partial charge in [-0.3, -0.25) is 0 Å². The van der Waals surface area contributed by atoms with E-state index in [0.717, 1.165) is 16.7 Å². The monoisotopic (exact) mass is 760 g/mol. The zero-order valence-corrected chi connectivity index (χ0v) is 30.6. The first kappa shape index (κ1) is 39.0. The van der Waals surface area contributed by atoms with Gasteiger partial charge in [0.1, 0.15) is 37.1 Å². The third-order valence-electron chi connectivity index (χ3n) is 9.45. The van der Waals surface area contributed by atoms with Gasteiger partial charge in [-0.25, -0.2) is 9.59 Å². The molecule has 0 amide bonds. The van der Waals surface area contributed by atoms with Crippen LogP contribution in [0.4, 0.5) is 0 Å². The van der Waals surface area contributed by atoms with E-state index in [1.807, 2.05) is 91.0 Å². The topological polar surface area (TPSA) is 128 Å². The molecule has 0 bridgehead atoms. The smallest absolute Gasteiger partial charge is 0.338 e. The summed E-state index contributed by atoms with van der Waals surface area (Å²) in [5, 5.41) is 11.2. The second-order valence-corrected chi connectivity index (χ2v) is 13.4. The molecule has 0 saturated carbocycles. The number of carbonyl (C=O) groups is 2. The van der Waals surface area contributed by atoms with Crippen LogP contribution in [0.3, 0.4) is 0 Å². The van der Waals surface area contributed by atoms with Gasteiger partial charge < -0.3 is 43.0 Å². The maximum absolute atomic E-state index is 13.3. The molecule has 0 aliphatic carbocycles. The van der Waals surface area contributed by atoms with Crippen LogP contribution in [0.25, 0.3) is 0 Å². The van der Waals surface area contributed by atoms with Gasteiger partial charge in [0.15, 0.2) is 18.7 Å². The van der Waals surface area contributed by atoms with Gasteiger partial charge in [-0.05, 0) is 41.0 Å². The summed E-state index contributed by atoms with van der Waals surface area (Å²) in [6, 6.07) is 46.1. The largest absolute Gasteiger partial charge is 0.459 e. The second-order valence-electron chi connectivity index (χ2n) is 13.4. The Kier molecular flexibility index (Phi) is 13.6. The van der Waals surface area contributed by atoms with Crippen molar-refractivity contribution in [2.45, 2.75) is 69.0 Å². The number of aliphatic hydroxyl groups is 1. The molecule has 2 fully saturated rings. The number of rotatable bonds is 17. The SMILES string of the molecule is O=C(OC[C@H]1O[C@H](O)[C@@H](OC(=O)c2ccccc2)[C@@H]1O[C@@H]1O[C@H](COCc2ccccc2)[C@@H](OCc2ccccc2)[C@@H]1OCc1ccccc1)c1ccccc1. The highest BCUT2D eigenvalue weighted by Gasteiger charge is 2.54. The van der Waals surface area contributed by atoms with Crippen LogP contribution >= 0.6 is 0 Å². The highest BCUT2D eigenvalue weighted by atomic mass is 16.8. The molecule has 2 saturated heterocycles. The lowest BCUT2D eigenvalue weighted by atomic mass is 10.1. The molecule has 2 heterocycles. The molecule has 0 aromatic heterocycles. The van der Waals surface area contributed by atoms with Gasteiger partial charge in [-0.2, -0.15) is 0 Å². The van der Waals surface area contributed by atoms with Gasteiger partial charge in [0.2, 0.25) is 0 Å². The molecule has 2 aliphatic heterocycles. The van der Waals surface area contributed by atoms with Crippen molar-refractivity contribution in [3.05, 3.63) is 179 Å². The molecule has 8 atom stereocenters. The van der Waals surface area contributed by atoms with Crippen molar-refractivity contribution in [2.24, 2.45) is 0 Å². The number of carbonyl (C=O) groups excluding carboxylic acids is 2. The maximum Gasteiger partial charge on any atom is 0.338 e. The molecule has 7 rings (SSSR count). The number of aliphatic hydroxyl groups excluding tert-OH is 1. The van der Waals surface area contributed by atoms with Crippen molar-refractivity contribution < 1.29 is 52.6 Å². The Morgan fingerprint density at radius 3 is 1.52 bits per heavy atom. The van der Waals surface area contributed by atoms with Gasteiger partial charge in [-0.1, -0.05) is 127 Å². The zero-order valence-electron chi connectivity index (χ0n) is 30.6. The Hall–Kier alpha value is -5.24. The van der Waals surface area contributed by atoms with Crippen LogP contribution < -0.4 is 0 Å². The van der Waals surface area contributed by atoms with Gasteiger partial charge in [0, 0.05) is 0 Å². The highest BCUT2D eigenvalue weighted by molar-refractivity contribution is 5.90. The van der Waals surface area contributed by atoms with Crippen molar-refractivity contribution in [1.29, 1.82) is 0 Å². The summed E-state index contributed by atoms with van der Waals surface area (Å²) in [7, 11) is 0. The van der Waals surface area contributed by atoms with Crippen molar-refractivity contribution in [3.8, 4) is 0 Å².